The van der Waals surface area contributed by atoms with E-state index in [2.05, 4.69) is 32.6 Å². The summed E-state index contributed by atoms with van der Waals surface area (Å²) in [6.45, 7) is 12.2. The fourth-order valence-electron chi connectivity index (χ4n) is 1.89. The van der Waals surface area contributed by atoms with E-state index < -0.39 is 0 Å². The molecular weight excluding hydrogens is 188 g/mol. The van der Waals surface area contributed by atoms with E-state index in [0.717, 1.165) is 0 Å². The van der Waals surface area contributed by atoms with Crippen molar-refractivity contribution >= 4 is 5.97 Å². The Bertz CT molecular complexity index is 260. The fourth-order valence-corrected chi connectivity index (χ4v) is 1.89. The molecule has 0 N–H and O–H groups in total. The standard InChI is InChI=1S/C13H22O2/c1-7-8-9-15-12(14)11(10(2)3)13(4,5)6/h10-11H,9H2,1-6H3. The normalized spacial score (nSPS) is 13.0. The molecule has 1 unspecified atom stereocenters. The van der Waals surface area contributed by atoms with Crippen molar-refractivity contribution in [2.75, 3.05) is 6.61 Å². The van der Waals surface area contributed by atoms with Crippen LogP contribution in [0.25, 0.3) is 0 Å². The van der Waals surface area contributed by atoms with E-state index >= 15 is 0 Å². The number of carbonyl (C=O) groups is 1. The van der Waals surface area contributed by atoms with Crippen molar-refractivity contribution < 1.29 is 9.53 Å². The van der Waals surface area contributed by atoms with Crippen LogP contribution in [0.15, 0.2) is 0 Å². The van der Waals surface area contributed by atoms with Gasteiger partial charge < -0.3 is 4.74 Å². The molecule has 0 aromatic carbocycles. The van der Waals surface area contributed by atoms with Crippen LogP contribution in [0.1, 0.15) is 41.5 Å². The second-order valence-corrected chi connectivity index (χ2v) is 5.12. The molecule has 0 aromatic heterocycles. The summed E-state index contributed by atoms with van der Waals surface area (Å²) in [5.74, 6) is 5.51. The number of esters is 1. The first-order valence-electron chi connectivity index (χ1n) is 5.37. The Morgan fingerprint density at radius 3 is 2.20 bits per heavy atom. The highest BCUT2D eigenvalue weighted by molar-refractivity contribution is 5.73. The van der Waals surface area contributed by atoms with Crippen LogP contribution in [0.5, 0.6) is 0 Å². The van der Waals surface area contributed by atoms with Gasteiger partial charge in [-0.25, -0.2) is 0 Å². The van der Waals surface area contributed by atoms with E-state index in [0.29, 0.717) is 0 Å². The molecule has 0 saturated heterocycles. The van der Waals surface area contributed by atoms with Crippen molar-refractivity contribution in [2.45, 2.75) is 41.5 Å². The van der Waals surface area contributed by atoms with Gasteiger partial charge in [-0.05, 0) is 18.3 Å². The molecule has 2 nitrogen and oxygen atoms in total. The minimum absolute atomic E-state index is 0.0646. The first-order chi connectivity index (χ1) is 6.80. The lowest BCUT2D eigenvalue weighted by Gasteiger charge is -2.31. The van der Waals surface area contributed by atoms with Crippen LogP contribution in [-0.4, -0.2) is 12.6 Å². The molecule has 0 heterocycles. The molecule has 86 valence electrons. The summed E-state index contributed by atoms with van der Waals surface area (Å²) in [5.41, 5.74) is -0.0646. The second kappa shape index (κ2) is 5.80. The number of rotatable bonds is 3. The lowest BCUT2D eigenvalue weighted by Crippen LogP contribution is -2.34. The van der Waals surface area contributed by atoms with Gasteiger partial charge in [0, 0.05) is 0 Å². The molecule has 2 heteroatoms. The molecule has 0 aliphatic heterocycles. The van der Waals surface area contributed by atoms with Crippen LogP contribution in [0, 0.1) is 29.1 Å². The van der Waals surface area contributed by atoms with Gasteiger partial charge in [0.15, 0.2) is 6.61 Å². The largest absolute Gasteiger partial charge is 0.452 e. The maximum Gasteiger partial charge on any atom is 0.310 e. The maximum atomic E-state index is 11.8. The van der Waals surface area contributed by atoms with Crippen LogP contribution in [0.3, 0.4) is 0 Å². The van der Waals surface area contributed by atoms with Gasteiger partial charge in [0.1, 0.15) is 0 Å². The van der Waals surface area contributed by atoms with Crippen molar-refractivity contribution in [3.8, 4) is 11.8 Å². The van der Waals surface area contributed by atoms with Gasteiger partial charge in [0.05, 0.1) is 5.92 Å². The third-order valence-corrected chi connectivity index (χ3v) is 2.32. The predicted octanol–water partition coefficient (Wildman–Crippen LogP) is 2.87. The molecule has 0 rings (SSSR count). The minimum atomic E-state index is -0.139. The maximum absolute atomic E-state index is 11.8. The third kappa shape index (κ3) is 4.88. The smallest absolute Gasteiger partial charge is 0.310 e. The Morgan fingerprint density at radius 1 is 1.33 bits per heavy atom. The van der Waals surface area contributed by atoms with Gasteiger partial charge in [-0.1, -0.05) is 40.5 Å². The predicted molar refractivity (Wildman–Crippen MR) is 62.2 cm³/mol. The third-order valence-electron chi connectivity index (χ3n) is 2.32. The van der Waals surface area contributed by atoms with Crippen molar-refractivity contribution in [1.82, 2.24) is 0 Å². The quantitative estimate of drug-likeness (QED) is 0.529. The summed E-state index contributed by atoms with van der Waals surface area (Å²) in [5, 5.41) is 0. The van der Waals surface area contributed by atoms with Crippen LogP contribution in [-0.2, 0) is 9.53 Å². The molecular formula is C13H22O2. The van der Waals surface area contributed by atoms with Gasteiger partial charge in [-0.3, -0.25) is 4.79 Å². The zero-order valence-corrected chi connectivity index (χ0v) is 10.7. The van der Waals surface area contributed by atoms with Crippen molar-refractivity contribution in [3.05, 3.63) is 0 Å². The highest BCUT2D eigenvalue weighted by atomic mass is 16.5. The number of carbonyl (C=O) groups excluding carboxylic acids is 1. The van der Waals surface area contributed by atoms with Crippen LogP contribution in [0.4, 0.5) is 0 Å². The summed E-state index contributed by atoms with van der Waals surface area (Å²) in [6, 6.07) is 0. The number of hydrogen-bond acceptors (Lipinski definition) is 2. The molecule has 0 amide bonds. The summed E-state index contributed by atoms with van der Waals surface area (Å²) in [4.78, 5) is 11.8. The topological polar surface area (TPSA) is 26.3 Å². The molecule has 0 aliphatic carbocycles. The SMILES string of the molecule is CC#CCOC(=O)C(C(C)C)C(C)(C)C. The Hall–Kier alpha value is -0.970. The summed E-state index contributed by atoms with van der Waals surface area (Å²) >= 11 is 0. The average molecular weight is 210 g/mol. The highest BCUT2D eigenvalue weighted by Gasteiger charge is 2.34. The van der Waals surface area contributed by atoms with Crippen molar-refractivity contribution in [3.63, 3.8) is 0 Å². The van der Waals surface area contributed by atoms with Gasteiger partial charge in [0.25, 0.3) is 0 Å². The average Bonchev–Trinajstić information content (AvgIpc) is 2.00. The van der Waals surface area contributed by atoms with Crippen molar-refractivity contribution in [1.29, 1.82) is 0 Å². The Balaban J connectivity index is 4.49. The minimum Gasteiger partial charge on any atom is -0.452 e. The van der Waals surface area contributed by atoms with Crippen LogP contribution < -0.4 is 0 Å². The highest BCUT2D eigenvalue weighted by Crippen LogP contribution is 2.32. The van der Waals surface area contributed by atoms with Crippen LogP contribution in [0.2, 0.25) is 0 Å². The monoisotopic (exact) mass is 210 g/mol. The summed E-state index contributed by atoms with van der Waals surface area (Å²) < 4.78 is 5.12. The Labute approximate surface area is 93.4 Å². The first kappa shape index (κ1) is 14.0. The Kier molecular flexibility index (Phi) is 5.43. The van der Waals surface area contributed by atoms with E-state index in [9.17, 15) is 4.79 Å². The number of ether oxygens (including phenoxy) is 1. The van der Waals surface area contributed by atoms with E-state index in [-0.39, 0.29) is 29.8 Å². The zero-order chi connectivity index (χ0) is 12.1. The molecule has 0 fully saturated rings. The lowest BCUT2D eigenvalue weighted by atomic mass is 9.74. The van der Waals surface area contributed by atoms with E-state index in [1.165, 1.54) is 0 Å². The summed E-state index contributed by atoms with van der Waals surface area (Å²) in [7, 11) is 0. The Morgan fingerprint density at radius 2 is 1.87 bits per heavy atom. The lowest BCUT2D eigenvalue weighted by molar-refractivity contribution is -0.153. The molecule has 1 atom stereocenters. The van der Waals surface area contributed by atoms with E-state index in [4.69, 9.17) is 4.74 Å². The van der Waals surface area contributed by atoms with Gasteiger partial charge >= 0.3 is 5.97 Å². The summed E-state index contributed by atoms with van der Waals surface area (Å²) in [6.07, 6.45) is 0. The van der Waals surface area contributed by atoms with Gasteiger partial charge in [-0.2, -0.15) is 0 Å². The zero-order valence-electron chi connectivity index (χ0n) is 10.7. The van der Waals surface area contributed by atoms with Crippen LogP contribution >= 0.6 is 0 Å². The van der Waals surface area contributed by atoms with Crippen molar-refractivity contribution in [2.24, 2.45) is 17.3 Å². The molecule has 0 aromatic rings. The molecule has 0 saturated carbocycles. The number of hydrogen-bond donors (Lipinski definition) is 0. The van der Waals surface area contributed by atoms with E-state index in [1.807, 2.05) is 13.8 Å². The second-order valence-electron chi connectivity index (χ2n) is 5.12. The first-order valence-corrected chi connectivity index (χ1v) is 5.37. The van der Waals surface area contributed by atoms with E-state index in [1.54, 1.807) is 6.92 Å². The fraction of sp³-hybridized carbons (Fsp3) is 0.769. The van der Waals surface area contributed by atoms with Gasteiger partial charge in [-0.15, -0.1) is 5.92 Å². The molecule has 0 aliphatic rings. The molecule has 0 radical (unpaired) electrons. The molecule has 15 heavy (non-hydrogen) atoms. The van der Waals surface area contributed by atoms with Gasteiger partial charge in [0.2, 0.25) is 0 Å². The molecule has 0 bridgehead atoms. The molecule has 0 spiro atoms.